The van der Waals surface area contributed by atoms with Gasteiger partial charge in [0, 0.05) is 24.7 Å². The van der Waals surface area contributed by atoms with Crippen LogP contribution in [-0.4, -0.2) is 42.9 Å². The lowest BCUT2D eigenvalue weighted by Gasteiger charge is -2.34. The monoisotopic (exact) mass is 328 g/mol. The lowest BCUT2D eigenvalue weighted by Crippen LogP contribution is -2.48. The number of morpholine rings is 1. The molecule has 22 heavy (non-hydrogen) atoms. The lowest BCUT2D eigenvalue weighted by molar-refractivity contribution is -0.385. The van der Waals surface area contributed by atoms with E-state index in [0.29, 0.717) is 11.1 Å². The van der Waals surface area contributed by atoms with E-state index >= 15 is 0 Å². The van der Waals surface area contributed by atoms with Gasteiger partial charge in [-0.2, -0.15) is 4.31 Å². The van der Waals surface area contributed by atoms with E-state index in [1.165, 1.54) is 10.4 Å². The highest BCUT2D eigenvalue weighted by atomic mass is 32.2. The largest absolute Gasteiger partial charge is 0.373 e. The van der Waals surface area contributed by atoms with Crippen molar-refractivity contribution in [2.75, 3.05) is 13.1 Å². The molecule has 122 valence electrons. The van der Waals surface area contributed by atoms with Crippen LogP contribution in [0.15, 0.2) is 17.0 Å². The molecule has 0 N–H and O–H groups in total. The van der Waals surface area contributed by atoms with E-state index in [2.05, 4.69) is 0 Å². The van der Waals surface area contributed by atoms with Gasteiger partial charge in [-0.25, -0.2) is 8.42 Å². The molecule has 2 rings (SSSR count). The first-order valence-corrected chi connectivity index (χ1v) is 8.48. The molecule has 0 amide bonds. The van der Waals surface area contributed by atoms with Gasteiger partial charge < -0.3 is 4.74 Å². The third-order valence-corrected chi connectivity index (χ3v) is 5.64. The van der Waals surface area contributed by atoms with Gasteiger partial charge in [0.25, 0.3) is 5.69 Å². The maximum atomic E-state index is 12.8. The van der Waals surface area contributed by atoms with Crippen molar-refractivity contribution in [2.24, 2.45) is 0 Å². The van der Waals surface area contributed by atoms with Crippen LogP contribution in [-0.2, 0) is 14.8 Å². The molecule has 2 atom stereocenters. The SMILES string of the molecule is Cc1cc(S(=O)(=O)N2C[C@@H](C)O[C@H](C)C2)cc([N+](=O)[O-])c1C. The second-order valence-electron chi connectivity index (χ2n) is 5.72. The number of rotatable bonds is 3. The zero-order valence-electron chi connectivity index (χ0n) is 13.1. The lowest BCUT2D eigenvalue weighted by atomic mass is 10.1. The number of ether oxygens (including phenoxy) is 1. The average Bonchev–Trinajstić information content (AvgIpc) is 2.40. The number of hydrogen-bond donors (Lipinski definition) is 0. The van der Waals surface area contributed by atoms with Gasteiger partial charge >= 0.3 is 0 Å². The first kappa shape index (κ1) is 16.9. The van der Waals surface area contributed by atoms with Crippen LogP contribution in [0, 0.1) is 24.0 Å². The Bertz CT molecular complexity index is 691. The molecular weight excluding hydrogens is 308 g/mol. The minimum atomic E-state index is -3.77. The number of benzene rings is 1. The fourth-order valence-corrected chi connectivity index (χ4v) is 4.32. The average molecular weight is 328 g/mol. The Morgan fingerprint density at radius 2 is 1.77 bits per heavy atom. The van der Waals surface area contributed by atoms with Gasteiger partial charge in [0.05, 0.1) is 22.0 Å². The van der Waals surface area contributed by atoms with E-state index in [1.807, 2.05) is 0 Å². The smallest absolute Gasteiger partial charge is 0.273 e. The Morgan fingerprint density at radius 1 is 1.23 bits per heavy atom. The first-order chi connectivity index (χ1) is 10.1. The zero-order chi connectivity index (χ0) is 16.7. The molecule has 8 heteroatoms. The van der Waals surface area contributed by atoms with Crippen molar-refractivity contribution in [1.29, 1.82) is 0 Å². The third-order valence-electron chi connectivity index (χ3n) is 3.83. The number of sulfonamides is 1. The van der Waals surface area contributed by atoms with Crippen molar-refractivity contribution < 1.29 is 18.1 Å². The number of nitro groups is 1. The standard InChI is InChI=1S/C14H20N2O5S/c1-9-5-13(6-14(12(9)4)16(17)18)22(19,20)15-7-10(2)21-11(3)8-15/h5-6,10-11H,7-8H2,1-4H3/t10-,11-/m1/s1. The predicted octanol–water partition coefficient (Wildman–Crippen LogP) is 2.01. The zero-order valence-corrected chi connectivity index (χ0v) is 13.9. The Balaban J connectivity index is 2.48. The van der Waals surface area contributed by atoms with Crippen molar-refractivity contribution in [1.82, 2.24) is 4.31 Å². The molecule has 1 aromatic rings. The highest BCUT2D eigenvalue weighted by Crippen LogP contribution is 2.28. The fourth-order valence-electron chi connectivity index (χ4n) is 2.62. The third kappa shape index (κ3) is 3.13. The van der Waals surface area contributed by atoms with Gasteiger partial charge in [-0.05, 0) is 39.3 Å². The maximum absolute atomic E-state index is 12.8. The van der Waals surface area contributed by atoms with Gasteiger partial charge in [-0.15, -0.1) is 0 Å². The maximum Gasteiger partial charge on any atom is 0.273 e. The van der Waals surface area contributed by atoms with Gasteiger partial charge in [-0.3, -0.25) is 10.1 Å². The molecule has 1 saturated heterocycles. The van der Waals surface area contributed by atoms with Crippen molar-refractivity contribution >= 4 is 15.7 Å². The summed E-state index contributed by atoms with van der Waals surface area (Å²) in [7, 11) is -3.77. The summed E-state index contributed by atoms with van der Waals surface area (Å²) in [4.78, 5) is 10.5. The topological polar surface area (TPSA) is 89.8 Å². The summed E-state index contributed by atoms with van der Waals surface area (Å²) in [5.74, 6) is 0. The van der Waals surface area contributed by atoms with E-state index in [0.717, 1.165) is 6.07 Å². The van der Waals surface area contributed by atoms with Crippen LogP contribution in [0.2, 0.25) is 0 Å². The summed E-state index contributed by atoms with van der Waals surface area (Å²) in [6.45, 7) is 7.39. The summed E-state index contributed by atoms with van der Waals surface area (Å²) >= 11 is 0. The summed E-state index contributed by atoms with van der Waals surface area (Å²) in [6.07, 6.45) is -0.417. The van der Waals surface area contributed by atoms with Crippen LogP contribution < -0.4 is 0 Å². The fraction of sp³-hybridized carbons (Fsp3) is 0.571. The highest BCUT2D eigenvalue weighted by Gasteiger charge is 2.33. The Morgan fingerprint density at radius 3 is 2.27 bits per heavy atom. The normalized spacial score (nSPS) is 23.5. The van der Waals surface area contributed by atoms with Crippen molar-refractivity contribution in [3.8, 4) is 0 Å². The summed E-state index contributed by atoms with van der Waals surface area (Å²) in [5, 5.41) is 11.1. The van der Waals surface area contributed by atoms with E-state index in [1.54, 1.807) is 27.7 Å². The first-order valence-electron chi connectivity index (χ1n) is 7.04. The van der Waals surface area contributed by atoms with Crippen LogP contribution in [0.25, 0.3) is 0 Å². The predicted molar refractivity (Wildman–Crippen MR) is 81.3 cm³/mol. The Kier molecular flexibility index (Phi) is 4.55. The highest BCUT2D eigenvalue weighted by molar-refractivity contribution is 7.89. The summed E-state index contributed by atoms with van der Waals surface area (Å²) in [5.41, 5.74) is 0.891. The molecule has 0 bridgehead atoms. The number of nitro benzene ring substituents is 1. The minimum Gasteiger partial charge on any atom is -0.373 e. The summed E-state index contributed by atoms with van der Waals surface area (Å²) < 4.78 is 32.4. The molecule has 0 aliphatic carbocycles. The molecule has 7 nitrogen and oxygen atoms in total. The van der Waals surface area contributed by atoms with E-state index in [9.17, 15) is 18.5 Å². The second kappa shape index (κ2) is 5.94. The molecule has 1 aliphatic heterocycles. The quantitative estimate of drug-likeness (QED) is 0.625. The van der Waals surface area contributed by atoms with E-state index in [-0.39, 0.29) is 35.9 Å². The molecule has 1 fully saturated rings. The molecule has 0 radical (unpaired) electrons. The van der Waals surface area contributed by atoms with E-state index < -0.39 is 14.9 Å². The van der Waals surface area contributed by atoms with Crippen molar-refractivity contribution in [2.45, 2.75) is 44.8 Å². The van der Waals surface area contributed by atoms with Crippen LogP contribution in [0.4, 0.5) is 5.69 Å². The summed E-state index contributed by atoms with van der Waals surface area (Å²) in [6, 6.07) is 2.63. The molecule has 0 unspecified atom stereocenters. The molecule has 0 saturated carbocycles. The van der Waals surface area contributed by atoms with Gasteiger partial charge in [0.15, 0.2) is 0 Å². The molecule has 0 aromatic heterocycles. The number of hydrogen-bond acceptors (Lipinski definition) is 5. The Labute approximate surface area is 130 Å². The van der Waals surface area contributed by atoms with Crippen LogP contribution in [0.3, 0.4) is 0 Å². The second-order valence-corrected chi connectivity index (χ2v) is 7.66. The molecule has 1 heterocycles. The van der Waals surface area contributed by atoms with Crippen LogP contribution >= 0.6 is 0 Å². The van der Waals surface area contributed by atoms with Crippen LogP contribution in [0.5, 0.6) is 0 Å². The molecule has 1 aliphatic rings. The van der Waals surface area contributed by atoms with Crippen LogP contribution in [0.1, 0.15) is 25.0 Å². The molecule has 0 spiro atoms. The van der Waals surface area contributed by atoms with Crippen molar-refractivity contribution in [3.63, 3.8) is 0 Å². The molecular formula is C14H20N2O5S. The molecule has 1 aromatic carbocycles. The minimum absolute atomic E-state index is 0.0383. The van der Waals surface area contributed by atoms with Gasteiger partial charge in [0.2, 0.25) is 10.0 Å². The Hall–Kier alpha value is -1.51. The van der Waals surface area contributed by atoms with Gasteiger partial charge in [0.1, 0.15) is 0 Å². The number of nitrogens with zero attached hydrogens (tertiary/aromatic N) is 2. The van der Waals surface area contributed by atoms with E-state index in [4.69, 9.17) is 4.74 Å². The number of aryl methyl sites for hydroxylation is 1. The van der Waals surface area contributed by atoms with Crippen molar-refractivity contribution in [3.05, 3.63) is 33.4 Å². The van der Waals surface area contributed by atoms with Gasteiger partial charge in [-0.1, -0.05) is 0 Å².